The summed E-state index contributed by atoms with van der Waals surface area (Å²) in [4.78, 5) is 10.6. The molecule has 0 saturated heterocycles. The Bertz CT molecular complexity index is 1060. The van der Waals surface area contributed by atoms with E-state index in [1.54, 1.807) is 0 Å². The predicted octanol–water partition coefficient (Wildman–Crippen LogP) is 4.91. The maximum atomic E-state index is 13.2. The summed E-state index contributed by atoms with van der Waals surface area (Å²) in [6.45, 7) is 4.87. The van der Waals surface area contributed by atoms with Crippen LogP contribution in [0.5, 0.6) is 0 Å². The molecule has 0 saturated carbocycles. The van der Waals surface area contributed by atoms with Crippen molar-refractivity contribution in [3.63, 3.8) is 0 Å². The topological polar surface area (TPSA) is 90.0 Å². The van der Waals surface area contributed by atoms with Crippen LogP contribution in [-0.2, 0) is 17.0 Å². The van der Waals surface area contributed by atoms with Crippen LogP contribution in [0.25, 0.3) is 5.69 Å². The molecule has 1 atom stereocenters. The minimum atomic E-state index is -5.31. The van der Waals surface area contributed by atoms with Crippen LogP contribution in [0, 0.1) is 0 Å². The third-order valence-corrected chi connectivity index (χ3v) is 5.34. The summed E-state index contributed by atoms with van der Waals surface area (Å²) < 4.78 is 91.2. The van der Waals surface area contributed by atoms with Crippen LogP contribution < -0.4 is 11.1 Å². The van der Waals surface area contributed by atoms with E-state index >= 15 is 0 Å². The Morgan fingerprint density at radius 1 is 1.23 bits per heavy atom. The second-order valence-corrected chi connectivity index (χ2v) is 8.34. The fourth-order valence-corrected chi connectivity index (χ4v) is 3.87. The Balaban J connectivity index is 2.89. The minimum Gasteiger partial charge on any atom is -0.365 e. The summed E-state index contributed by atoms with van der Waals surface area (Å²) in [5.41, 5.74) is -2.58. The van der Waals surface area contributed by atoms with E-state index in [4.69, 9.17) is 28.9 Å². The van der Waals surface area contributed by atoms with E-state index in [-0.39, 0.29) is 6.54 Å². The molecule has 0 fully saturated rings. The number of rotatable bonds is 6. The van der Waals surface area contributed by atoms with Crippen molar-refractivity contribution in [2.45, 2.75) is 23.5 Å². The van der Waals surface area contributed by atoms with Crippen LogP contribution in [0.2, 0.25) is 10.0 Å². The molecule has 0 aliphatic heterocycles. The molecular formula is C16H12Cl2F6N4O2S. The van der Waals surface area contributed by atoms with Gasteiger partial charge in [-0.1, -0.05) is 35.4 Å². The van der Waals surface area contributed by atoms with Crippen LogP contribution in [-0.4, -0.2) is 31.9 Å². The number of anilines is 1. The fourth-order valence-electron chi connectivity index (χ4n) is 2.34. The van der Waals surface area contributed by atoms with Crippen LogP contribution >= 0.6 is 23.2 Å². The van der Waals surface area contributed by atoms with Gasteiger partial charge in [-0.25, -0.2) is 8.89 Å². The van der Waals surface area contributed by atoms with Gasteiger partial charge in [-0.3, -0.25) is 4.79 Å². The molecule has 6 nitrogen and oxygen atoms in total. The summed E-state index contributed by atoms with van der Waals surface area (Å²) >= 11 is 11.8. The number of nitrogens with one attached hydrogen (secondary N) is 1. The van der Waals surface area contributed by atoms with Crippen LogP contribution in [0.4, 0.5) is 32.2 Å². The lowest BCUT2D eigenvalue weighted by Gasteiger charge is -2.16. The molecule has 1 unspecified atom stereocenters. The molecule has 0 aliphatic carbocycles. The van der Waals surface area contributed by atoms with Crippen molar-refractivity contribution >= 4 is 45.7 Å². The van der Waals surface area contributed by atoms with Gasteiger partial charge in [0.2, 0.25) is 0 Å². The number of benzene rings is 1. The number of primary amides is 1. The van der Waals surface area contributed by atoms with E-state index in [0.29, 0.717) is 22.4 Å². The van der Waals surface area contributed by atoms with Gasteiger partial charge in [0, 0.05) is 6.54 Å². The number of nitrogens with zero attached hydrogens (tertiary/aromatic N) is 2. The summed E-state index contributed by atoms with van der Waals surface area (Å²) in [6.07, 6.45) is -4.82. The lowest BCUT2D eigenvalue weighted by atomic mass is 10.2. The standard InChI is InChI=1S/C16H12Cl2F6N4O2S/c1-6(2)5-26-14-12(31(30)16(22,23)24)10(13(25)29)27-28(14)11-8(17)3-7(4-9(11)18)15(19,20)21/h3-4,26H,1,5H2,2H3,(H2,25,29). The van der Waals surface area contributed by atoms with Gasteiger partial charge in [0.1, 0.15) is 16.4 Å². The van der Waals surface area contributed by atoms with Crippen molar-refractivity contribution in [3.05, 3.63) is 45.6 Å². The van der Waals surface area contributed by atoms with Gasteiger partial charge in [0.05, 0.1) is 15.6 Å². The molecule has 2 rings (SSSR count). The first kappa shape index (κ1) is 25.0. The van der Waals surface area contributed by atoms with E-state index in [1.165, 1.54) is 6.92 Å². The molecule has 3 N–H and O–H groups in total. The molecule has 170 valence electrons. The zero-order valence-corrected chi connectivity index (χ0v) is 17.6. The maximum Gasteiger partial charge on any atom is 0.476 e. The highest BCUT2D eigenvalue weighted by atomic mass is 35.5. The Hall–Kier alpha value is -2.25. The zero-order valence-electron chi connectivity index (χ0n) is 15.3. The molecular weight excluding hydrogens is 497 g/mol. The largest absolute Gasteiger partial charge is 0.476 e. The molecule has 1 heterocycles. The number of hydrogen-bond donors (Lipinski definition) is 2. The molecule has 0 bridgehead atoms. The Labute approximate surface area is 183 Å². The van der Waals surface area contributed by atoms with Crippen molar-refractivity contribution in [1.29, 1.82) is 0 Å². The maximum absolute atomic E-state index is 13.2. The molecule has 1 aromatic heterocycles. The summed E-state index contributed by atoms with van der Waals surface area (Å²) in [6, 6.07) is 0.939. The number of carbonyl (C=O) groups excluding carboxylic acids is 1. The number of halogens is 8. The third-order valence-electron chi connectivity index (χ3n) is 3.58. The predicted molar refractivity (Wildman–Crippen MR) is 103 cm³/mol. The van der Waals surface area contributed by atoms with Gasteiger partial charge in [0.25, 0.3) is 5.91 Å². The lowest BCUT2D eigenvalue weighted by Crippen LogP contribution is -2.22. The molecule has 0 spiro atoms. The first-order valence-electron chi connectivity index (χ1n) is 7.92. The van der Waals surface area contributed by atoms with Crippen LogP contribution in [0.15, 0.2) is 29.2 Å². The Kier molecular flexibility index (Phi) is 7.03. The minimum absolute atomic E-state index is 0.179. The monoisotopic (exact) mass is 508 g/mol. The Morgan fingerprint density at radius 3 is 2.13 bits per heavy atom. The molecule has 1 amide bonds. The second kappa shape index (κ2) is 8.71. The highest BCUT2D eigenvalue weighted by Crippen LogP contribution is 2.41. The van der Waals surface area contributed by atoms with E-state index < -0.39 is 66.1 Å². The highest BCUT2D eigenvalue weighted by molar-refractivity contribution is 7.86. The fraction of sp³-hybridized carbons (Fsp3) is 0.250. The average molecular weight is 509 g/mol. The summed E-state index contributed by atoms with van der Waals surface area (Å²) in [7, 11) is -3.79. The first-order valence-corrected chi connectivity index (χ1v) is 9.82. The summed E-state index contributed by atoms with van der Waals surface area (Å²) in [5, 5.41) is 4.78. The molecule has 15 heteroatoms. The van der Waals surface area contributed by atoms with Gasteiger partial charge in [-0.05, 0) is 19.1 Å². The van der Waals surface area contributed by atoms with Crippen molar-refractivity contribution in [1.82, 2.24) is 9.78 Å². The van der Waals surface area contributed by atoms with E-state index in [0.717, 1.165) is 0 Å². The Morgan fingerprint density at radius 2 is 1.74 bits per heavy atom. The van der Waals surface area contributed by atoms with Gasteiger partial charge < -0.3 is 11.1 Å². The quantitative estimate of drug-likeness (QED) is 0.428. The number of nitrogens with two attached hydrogens (primary N) is 1. The normalized spacial score (nSPS) is 13.2. The molecule has 2 aromatic rings. The molecule has 0 radical (unpaired) electrons. The van der Waals surface area contributed by atoms with Crippen molar-refractivity contribution in [3.8, 4) is 5.69 Å². The van der Waals surface area contributed by atoms with Gasteiger partial charge in [-0.15, -0.1) is 0 Å². The summed E-state index contributed by atoms with van der Waals surface area (Å²) in [5.74, 6) is -2.13. The van der Waals surface area contributed by atoms with Gasteiger partial charge in [0.15, 0.2) is 16.5 Å². The average Bonchev–Trinajstić information content (AvgIpc) is 2.96. The highest BCUT2D eigenvalue weighted by Gasteiger charge is 2.44. The molecule has 1 aromatic carbocycles. The zero-order chi connectivity index (χ0) is 23.9. The van der Waals surface area contributed by atoms with Crippen LogP contribution in [0.1, 0.15) is 23.0 Å². The number of alkyl halides is 6. The van der Waals surface area contributed by atoms with E-state index in [1.807, 2.05) is 0 Å². The number of hydrogen-bond acceptors (Lipinski definition) is 4. The van der Waals surface area contributed by atoms with E-state index in [2.05, 4.69) is 17.0 Å². The number of carbonyl (C=O) groups is 1. The van der Waals surface area contributed by atoms with Crippen LogP contribution in [0.3, 0.4) is 0 Å². The SMILES string of the molecule is C=C(C)CNc1c(S(=O)C(F)(F)F)c(C(N)=O)nn1-c1c(Cl)cc(C(F)(F)F)cc1Cl. The van der Waals surface area contributed by atoms with Gasteiger partial charge in [-0.2, -0.15) is 31.4 Å². The van der Waals surface area contributed by atoms with Gasteiger partial charge >= 0.3 is 11.7 Å². The molecule has 31 heavy (non-hydrogen) atoms. The number of amides is 1. The number of aromatic nitrogens is 2. The van der Waals surface area contributed by atoms with E-state index in [9.17, 15) is 35.3 Å². The first-order chi connectivity index (χ1) is 14.1. The smallest absolute Gasteiger partial charge is 0.365 e. The van der Waals surface area contributed by atoms with Crippen molar-refractivity contribution < 1.29 is 35.3 Å². The van der Waals surface area contributed by atoms with Crippen molar-refractivity contribution in [2.75, 3.05) is 11.9 Å². The van der Waals surface area contributed by atoms with Crippen molar-refractivity contribution in [2.24, 2.45) is 5.73 Å². The second-order valence-electron chi connectivity index (χ2n) is 6.11. The third kappa shape index (κ3) is 5.33. The molecule has 0 aliphatic rings. The lowest BCUT2D eigenvalue weighted by molar-refractivity contribution is -0.137.